The number of carbonyl (C=O) groups excluding carboxylic acids is 1. The minimum atomic E-state index is -4.67. The van der Waals surface area contributed by atoms with Crippen LogP contribution in [0, 0.1) is 6.92 Å². The van der Waals surface area contributed by atoms with E-state index < -0.39 is 31.1 Å². The van der Waals surface area contributed by atoms with Gasteiger partial charge >= 0.3 is 12.1 Å². The zero-order valence-corrected chi connectivity index (χ0v) is 12.0. The van der Waals surface area contributed by atoms with Crippen molar-refractivity contribution in [3.8, 4) is 0 Å². The maximum Gasteiger partial charge on any atom is 0.406 e. The van der Waals surface area contributed by atoms with Crippen molar-refractivity contribution in [3.05, 3.63) is 33.8 Å². The summed E-state index contributed by atoms with van der Waals surface area (Å²) in [7, 11) is 0. The molecule has 0 radical (unpaired) electrons. The lowest BCUT2D eigenvalue weighted by molar-refractivity contribution is -0.149. The van der Waals surface area contributed by atoms with Crippen molar-refractivity contribution in [1.82, 2.24) is 4.90 Å². The number of benzene rings is 1. The Bertz CT molecular complexity index is 531. The van der Waals surface area contributed by atoms with Gasteiger partial charge in [-0.25, -0.2) is 0 Å². The third-order valence-electron chi connectivity index (χ3n) is 2.34. The van der Waals surface area contributed by atoms with Crippen molar-refractivity contribution in [3.63, 3.8) is 0 Å². The van der Waals surface area contributed by atoms with Gasteiger partial charge in [-0.15, -0.1) is 0 Å². The second-order valence-electron chi connectivity index (χ2n) is 4.15. The van der Waals surface area contributed by atoms with Crippen LogP contribution in [0.2, 0.25) is 0 Å². The Hall–Kier alpha value is -1.57. The van der Waals surface area contributed by atoms with Crippen LogP contribution in [-0.2, 0) is 4.79 Å². The maximum atomic E-state index is 12.4. The van der Waals surface area contributed by atoms with Crippen LogP contribution in [0.5, 0.6) is 0 Å². The van der Waals surface area contributed by atoms with Gasteiger partial charge in [0.15, 0.2) is 0 Å². The predicted molar refractivity (Wildman–Crippen MR) is 68.5 cm³/mol. The highest BCUT2D eigenvalue weighted by molar-refractivity contribution is 9.10. The highest BCUT2D eigenvalue weighted by Gasteiger charge is 2.34. The molecule has 0 aliphatic heterocycles. The van der Waals surface area contributed by atoms with E-state index in [1.165, 1.54) is 12.1 Å². The van der Waals surface area contributed by atoms with E-state index in [4.69, 9.17) is 5.11 Å². The number of carboxylic acid groups (broad SMARTS) is 1. The summed E-state index contributed by atoms with van der Waals surface area (Å²) in [6, 6.07) is 4.60. The lowest BCUT2D eigenvalue weighted by Crippen LogP contribution is -2.42. The second-order valence-corrected chi connectivity index (χ2v) is 5.01. The number of carboxylic acids is 1. The molecule has 0 aliphatic rings. The highest BCUT2D eigenvalue weighted by atomic mass is 79.9. The van der Waals surface area contributed by atoms with Gasteiger partial charge in [0.25, 0.3) is 5.91 Å². The Labute approximate surface area is 121 Å². The summed E-state index contributed by atoms with van der Waals surface area (Å²) < 4.78 is 37.6. The van der Waals surface area contributed by atoms with Gasteiger partial charge in [-0.05, 0) is 35.0 Å². The molecular weight excluding hydrogens is 343 g/mol. The molecule has 0 atom stereocenters. The molecule has 0 heterocycles. The molecule has 4 nitrogen and oxygen atoms in total. The van der Waals surface area contributed by atoms with Crippen LogP contribution in [0.25, 0.3) is 0 Å². The Kier molecular flexibility index (Phi) is 5.15. The molecule has 0 spiro atoms. The van der Waals surface area contributed by atoms with Crippen LogP contribution in [0.3, 0.4) is 0 Å². The summed E-state index contributed by atoms with van der Waals surface area (Å²) in [5, 5.41) is 8.63. The van der Waals surface area contributed by atoms with Crippen LogP contribution in [-0.4, -0.2) is 41.1 Å². The van der Waals surface area contributed by atoms with E-state index in [1.807, 2.05) is 0 Å². The zero-order valence-electron chi connectivity index (χ0n) is 10.4. The second kappa shape index (κ2) is 6.25. The first-order valence-electron chi connectivity index (χ1n) is 5.44. The van der Waals surface area contributed by atoms with Crippen molar-refractivity contribution in [2.75, 3.05) is 13.1 Å². The normalized spacial score (nSPS) is 11.2. The van der Waals surface area contributed by atoms with Crippen LogP contribution in [0.15, 0.2) is 22.7 Å². The summed E-state index contributed by atoms with van der Waals surface area (Å²) in [6.07, 6.45) is -4.67. The van der Waals surface area contributed by atoms with Gasteiger partial charge in [-0.1, -0.05) is 11.6 Å². The first kappa shape index (κ1) is 16.5. The smallest absolute Gasteiger partial charge is 0.406 e. The van der Waals surface area contributed by atoms with E-state index in [1.54, 1.807) is 13.0 Å². The maximum absolute atomic E-state index is 12.4. The molecule has 110 valence electrons. The van der Waals surface area contributed by atoms with E-state index in [2.05, 4.69) is 15.9 Å². The standard InChI is InChI=1S/C12H11BrF3NO3/c1-7-2-3-9(13)8(4-7)11(20)17(5-10(18)19)6-12(14,15)16/h2-4H,5-6H2,1H3,(H,18,19). The van der Waals surface area contributed by atoms with Crippen LogP contribution >= 0.6 is 15.9 Å². The monoisotopic (exact) mass is 353 g/mol. The van der Waals surface area contributed by atoms with Gasteiger partial charge in [0.05, 0.1) is 5.56 Å². The molecule has 0 saturated carbocycles. The lowest BCUT2D eigenvalue weighted by Gasteiger charge is -2.22. The van der Waals surface area contributed by atoms with Crippen molar-refractivity contribution in [2.24, 2.45) is 0 Å². The summed E-state index contributed by atoms with van der Waals surface area (Å²) in [5.74, 6) is -2.49. The number of carbonyl (C=O) groups is 2. The molecule has 0 aromatic heterocycles. The van der Waals surface area contributed by atoms with E-state index in [9.17, 15) is 22.8 Å². The number of alkyl halides is 3. The molecule has 1 aromatic rings. The number of hydrogen-bond donors (Lipinski definition) is 1. The third kappa shape index (κ3) is 4.84. The van der Waals surface area contributed by atoms with Gasteiger partial charge in [-0.3, -0.25) is 9.59 Å². The number of amides is 1. The van der Waals surface area contributed by atoms with E-state index >= 15 is 0 Å². The molecule has 0 unspecified atom stereocenters. The first-order chi connectivity index (χ1) is 9.10. The van der Waals surface area contributed by atoms with E-state index in [0.717, 1.165) is 0 Å². The van der Waals surface area contributed by atoms with Crippen LogP contribution in [0.4, 0.5) is 13.2 Å². The van der Waals surface area contributed by atoms with E-state index in [0.29, 0.717) is 10.0 Å². The number of nitrogens with zero attached hydrogens (tertiary/aromatic N) is 1. The number of aliphatic carboxylic acids is 1. The number of halogens is 4. The lowest BCUT2D eigenvalue weighted by atomic mass is 10.1. The van der Waals surface area contributed by atoms with Gasteiger partial charge in [-0.2, -0.15) is 13.2 Å². The molecule has 0 bridgehead atoms. The molecule has 0 saturated heterocycles. The SMILES string of the molecule is Cc1ccc(Br)c(C(=O)N(CC(=O)O)CC(F)(F)F)c1. The van der Waals surface area contributed by atoms with Crippen molar-refractivity contribution >= 4 is 27.8 Å². The first-order valence-corrected chi connectivity index (χ1v) is 6.23. The largest absolute Gasteiger partial charge is 0.480 e. The topological polar surface area (TPSA) is 57.6 Å². The van der Waals surface area contributed by atoms with Crippen molar-refractivity contribution in [2.45, 2.75) is 13.1 Å². The van der Waals surface area contributed by atoms with Gasteiger partial charge in [0.1, 0.15) is 13.1 Å². The van der Waals surface area contributed by atoms with Crippen LogP contribution < -0.4 is 0 Å². The average Bonchev–Trinajstić information content (AvgIpc) is 2.28. The average molecular weight is 354 g/mol. The number of rotatable bonds is 4. The summed E-state index contributed by atoms with van der Waals surface area (Å²) in [6.45, 7) is -0.953. The Morgan fingerprint density at radius 3 is 2.45 bits per heavy atom. The Morgan fingerprint density at radius 1 is 1.35 bits per heavy atom. The highest BCUT2D eigenvalue weighted by Crippen LogP contribution is 2.22. The minimum absolute atomic E-state index is 0.00417. The summed E-state index contributed by atoms with van der Waals surface area (Å²) in [5.41, 5.74) is 0.675. The van der Waals surface area contributed by atoms with Crippen molar-refractivity contribution < 1.29 is 27.9 Å². The molecule has 1 aromatic carbocycles. The number of hydrogen-bond acceptors (Lipinski definition) is 2. The predicted octanol–water partition coefficient (Wildman–Crippen LogP) is 2.85. The minimum Gasteiger partial charge on any atom is -0.480 e. The molecular formula is C12H11BrF3NO3. The van der Waals surface area contributed by atoms with Gasteiger partial charge in [0, 0.05) is 4.47 Å². The molecule has 0 aliphatic carbocycles. The third-order valence-corrected chi connectivity index (χ3v) is 3.03. The quantitative estimate of drug-likeness (QED) is 0.905. The van der Waals surface area contributed by atoms with Crippen molar-refractivity contribution in [1.29, 1.82) is 0 Å². The molecule has 20 heavy (non-hydrogen) atoms. The van der Waals surface area contributed by atoms with Gasteiger partial charge in [0.2, 0.25) is 0 Å². The fraction of sp³-hybridized carbons (Fsp3) is 0.333. The molecule has 8 heteroatoms. The Balaban J connectivity index is 3.09. The molecule has 1 rings (SSSR count). The molecule has 1 amide bonds. The van der Waals surface area contributed by atoms with Crippen LogP contribution in [0.1, 0.15) is 15.9 Å². The summed E-state index contributed by atoms with van der Waals surface area (Å²) >= 11 is 3.07. The molecule has 0 fully saturated rings. The fourth-order valence-corrected chi connectivity index (χ4v) is 1.97. The zero-order chi connectivity index (χ0) is 15.5. The Morgan fingerprint density at radius 2 is 1.95 bits per heavy atom. The molecule has 1 N–H and O–H groups in total. The number of aryl methyl sites for hydroxylation is 1. The summed E-state index contributed by atoms with van der Waals surface area (Å²) in [4.78, 5) is 22.9. The van der Waals surface area contributed by atoms with Gasteiger partial charge < -0.3 is 10.0 Å². The fourth-order valence-electron chi connectivity index (χ4n) is 1.55. The van der Waals surface area contributed by atoms with E-state index in [-0.39, 0.29) is 10.5 Å².